The molecule has 0 bridgehead atoms. The van der Waals surface area contributed by atoms with Gasteiger partial charge in [-0.1, -0.05) is 25.1 Å². The number of benzene rings is 1. The molecule has 0 saturated carbocycles. The first-order chi connectivity index (χ1) is 6.52. The van der Waals surface area contributed by atoms with Gasteiger partial charge in [-0.25, -0.2) is 8.42 Å². The van der Waals surface area contributed by atoms with E-state index in [2.05, 4.69) is 0 Å². The van der Waals surface area contributed by atoms with Crippen molar-refractivity contribution in [3.05, 3.63) is 29.8 Å². The molecule has 0 fully saturated rings. The Morgan fingerprint density at radius 1 is 1.29 bits per heavy atom. The van der Waals surface area contributed by atoms with Crippen LogP contribution in [0, 0.1) is 5.92 Å². The third-order valence-corrected chi connectivity index (χ3v) is 4.37. The Bertz CT molecular complexity index is 488. The highest BCUT2D eigenvalue weighted by molar-refractivity contribution is 7.91. The van der Waals surface area contributed by atoms with Crippen molar-refractivity contribution in [1.82, 2.24) is 0 Å². The van der Waals surface area contributed by atoms with Crippen molar-refractivity contribution in [3.8, 4) is 0 Å². The van der Waals surface area contributed by atoms with Crippen molar-refractivity contribution >= 4 is 15.6 Å². The topological polar surface area (TPSA) is 51.2 Å². The van der Waals surface area contributed by atoms with Crippen LogP contribution >= 0.6 is 0 Å². The van der Waals surface area contributed by atoms with Gasteiger partial charge in [0.25, 0.3) is 0 Å². The van der Waals surface area contributed by atoms with Crippen LogP contribution in [-0.4, -0.2) is 20.0 Å². The van der Waals surface area contributed by atoms with E-state index in [0.717, 1.165) is 0 Å². The fourth-order valence-electron chi connectivity index (χ4n) is 1.70. The molecule has 1 aromatic rings. The van der Waals surface area contributed by atoms with E-state index >= 15 is 0 Å². The molecule has 3 nitrogen and oxygen atoms in total. The molecule has 1 aliphatic rings. The second-order valence-electron chi connectivity index (χ2n) is 3.54. The zero-order chi connectivity index (χ0) is 10.3. The predicted molar refractivity (Wildman–Crippen MR) is 52.0 cm³/mol. The van der Waals surface area contributed by atoms with Crippen molar-refractivity contribution in [2.45, 2.75) is 11.8 Å². The van der Waals surface area contributed by atoms with E-state index in [9.17, 15) is 13.2 Å². The van der Waals surface area contributed by atoms with Gasteiger partial charge in [-0.15, -0.1) is 0 Å². The zero-order valence-electron chi connectivity index (χ0n) is 7.73. The maximum atomic E-state index is 11.7. The quantitative estimate of drug-likeness (QED) is 0.648. The lowest BCUT2D eigenvalue weighted by Gasteiger charge is -2.19. The summed E-state index contributed by atoms with van der Waals surface area (Å²) in [4.78, 5) is 11.8. The summed E-state index contributed by atoms with van der Waals surface area (Å²) in [6, 6.07) is 6.39. The van der Waals surface area contributed by atoms with Gasteiger partial charge in [0.15, 0.2) is 15.6 Å². The second-order valence-corrected chi connectivity index (χ2v) is 5.55. The number of rotatable bonds is 0. The standard InChI is InChI=1S/C10H10O3S/c1-7-6-14(12,13)9-5-3-2-4-8(9)10(7)11/h2-5,7H,6H2,1H3/t7-/m0/s1. The molecule has 4 heteroatoms. The average molecular weight is 210 g/mol. The molecule has 0 unspecified atom stereocenters. The lowest BCUT2D eigenvalue weighted by atomic mass is 10.0. The monoisotopic (exact) mass is 210 g/mol. The van der Waals surface area contributed by atoms with E-state index in [1.807, 2.05) is 0 Å². The van der Waals surface area contributed by atoms with Crippen LogP contribution in [0.1, 0.15) is 17.3 Å². The summed E-state index contributed by atoms with van der Waals surface area (Å²) in [5.74, 6) is -0.562. The average Bonchev–Trinajstić information content (AvgIpc) is 2.14. The van der Waals surface area contributed by atoms with Crippen molar-refractivity contribution in [2.75, 3.05) is 5.75 Å². The van der Waals surface area contributed by atoms with E-state index in [-0.39, 0.29) is 16.4 Å². The molecule has 1 aromatic carbocycles. The molecule has 0 amide bonds. The molecule has 2 rings (SSSR count). The highest BCUT2D eigenvalue weighted by atomic mass is 32.2. The summed E-state index contributed by atoms with van der Waals surface area (Å²) >= 11 is 0. The molecule has 0 spiro atoms. The summed E-state index contributed by atoms with van der Waals surface area (Å²) in [6.45, 7) is 1.65. The molecule has 0 N–H and O–H groups in total. The number of carbonyl (C=O) groups is 1. The molecule has 1 aliphatic heterocycles. The Labute approximate surface area is 82.7 Å². The van der Waals surface area contributed by atoms with Crippen molar-refractivity contribution in [2.24, 2.45) is 5.92 Å². The van der Waals surface area contributed by atoms with Gasteiger partial charge < -0.3 is 0 Å². The zero-order valence-corrected chi connectivity index (χ0v) is 8.54. The Kier molecular flexibility index (Phi) is 1.96. The first-order valence-corrected chi connectivity index (χ1v) is 6.03. The maximum Gasteiger partial charge on any atom is 0.179 e. The maximum absolute atomic E-state index is 11.7. The van der Waals surface area contributed by atoms with E-state index in [0.29, 0.717) is 5.56 Å². The Balaban J connectivity index is 2.74. The van der Waals surface area contributed by atoms with Crippen LogP contribution in [0.4, 0.5) is 0 Å². The highest BCUT2D eigenvalue weighted by Gasteiger charge is 2.33. The minimum absolute atomic E-state index is 0.0666. The van der Waals surface area contributed by atoms with Crippen LogP contribution in [0.5, 0.6) is 0 Å². The van der Waals surface area contributed by atoms with Crippen LogP contribution in [0.25, 0.3) is 0 Å². The van der Waals surface area contributed by atoms with Crippen molar-refractivity contribution < 1.29 is 13.2 Å². The van der Waals surface area contributed by atoms with E-state index < -0.39 is 15.8 Å². The number of sulfone groups is 1. The van der Waals surface area contributed by atoms with Crippen LogP contribution in [0.2, 0.25) is 0 Å². The van der Waals surface area contributed by atoms with Gasteiger partial charge in [0, 0.05) is 11.5 Å². The molecule has 1 heterocycles. The molecule has 74 valence electrons. The molecule has 14 heavy (non-hydrogen) atoms. The van der Waals surface area contributed by atoms with Crippen LogP contribution in [-0.2, 0) is 9.84 Å². The van der Waals surface area contributed by atoms with Gasteiger partial charge in [-0.05, 0) is 6.07 Å². The number of Topliss-reactive ketones (excluding diaryl/α,β-unsaturated/α-hetero) is 1. The van der Waals surface area contributed by atoms with Crippen LogP contribution in [0.15, 0.2) is 29.2 Å². The van der Waals surface area contributed by atoms with Crippen LogP contribution in [0.3, 0.4) is 0 Å². The van der Waals surface area contributed by atoms with E-state index in [1.54, 1.807) is 25.1 Å². The van der Waals surface area contributed by atoms with Gasteiger partial charge in [-0.3, -0.25) is 4.79 Å². The van der Waals surface area contributed by atoms with Gasteiger partial charge in [0.1, 0.15) is 0 Å². The molecule has 0 radical (unpaired) electrons. The largest absolute Gasteiger partial charge is 0.294 e. The first-order valence-electron chi connectivity index (χ1n) is 4.38. The third-order valence-electron chi connectivity index (χ3n) is 2.40. The fourth-order valence-corrected chi connectivity index (χ4v) is 3.48. The van der Waals surface area contributed by atoms with Gasteiger partial charge in [0.05, 0.1) is 10.6 Å². The number of hydrogen-bond donors (Lipinski definition) is 0. The summed E-state index contributed by atoms with van der Waals surface area (Å²) in [6.07, 6.45) is 0. The summed E-state index contributed by atoms with van der Waals surface area (Å²) in [5, 5.41) is 0. The fraction of sp³-hybridized carbons (Fsp3) is 0.300. The second kappa shape index (κ2) is 2.92. The minimum atomic E-state index is -3.25. The summed E-state index contributed by atoms with van der Waals surface area (Å²) in [5.41, 5.74) is 0.339. The van der Waals surface area contributed by atoms with Crippen LogP contribution < -0.4 is 0 Å². The lowest BCUT2D eigenvalue weighted by molar-refractivity contribution is 0.0933. The third kappa shape index (κ3) is 1.26. The Hall–Kier alpha value is -1.16. The predicted octanol–water partition coefficient (Wildman–Crippen LogP) is 1.29. The lowest BCUT2D eigenvalue weighted by Crippen LogP contribution is -2.29. The van der Waals surface area contributed by atoms with E-state index in [4.69, 9.17) is 0 Å². The molecular weight excluding hydrogens is 200 g/mol. The van der Waals surface area contributed by atoms with Gasteiger partial charge >= 0.3 is 0 Å². The number of fused-ring (bicyclic) bond motifs is 1. The SMILES string of the molecule is C[C@H]1CS(=O)(=O)c2ccccc2C1=O. The van der Waals surface area contributed by atoms with E-state index in [1.165, 1.54) is 6.07 Å². The highest BCUT2D eigenvalue weighted by Crippen LogP contribution is 2.27. The normalized spacial score (nSPS) is 24.4. The molecule has 1 atom stereocenters. The molecule has 0 aromatic heterocycles. The van der Waals surface area contributed by atoms with Gasteiger partial charge in [-0.2, -0.15) is 0 Å². The number of ketones is 1. The Morgan fingerprint density at radius 3 is 2.64 bits per heavy atom. The Morgan fingerprint density at radius 2 is 1.93 bits per heavy atom. The molecular formula is C10H10O3S. The smallest absolute Gasteiger partial charge is 0.179 e. The molecule has 0 aliphatic carbocycles. The first kappa shape index (κ1) is 9.40. The summed E-state index contributed by atoms with van der Waals surface area (Å²) in [7, 11) is -3.25. The van der Waals surface area contributed by atoms with Crippen molar-refractivity contribution in [1.29, 1.82) is 0 Å². The number of hydrogen-bond acceptors (Lipinski definition) is 3. The summed E-state index contributed by atoms with van der Waals surface area (Å²) < 4.78 is 23.4. The minimum Gasteiger partial charge on any atom is -0.294 e. The number of carbonyl (C=O) groups excluding carboxylic acids is 1. The van der Waals surface area contributed by atoms with Gasteiger partial charge in [0.2, 0.25) is 0 Å². The van der Waals surface area contributed by atoms with Crippen molar-refractivity contribution in [3.63, 3.8) is 0 Å². The molecule has 0 saturated heterocycles.